The third kappa shape index (κ3) is 4.80. The van der Waals surface area contributed by atoms with Gasteiger partial charge in [0.1, 0.15) is 5.82 Å². The molecule has 1 unspecified atom stereocenters. The molecule has 1 aliphatic rings. The standard InChI is InChI=1S/C26H29N7O2/c1-16-7-10-19(11-8-16)14-33-24-22(30-31-33)25(34)29-23(28-24)20-5-4-12-32(15-20)26(35)27-21-13-17(2)6-9-18(21)3/h6-11,13,20H,4-5,12,14-15H2,1-3H3,(H,27,35)(H,28,29,34). The summed E-state index contributed by atoms with van der Waals surface area (Å²) in [6.07, 6.45) is 1.66. The van der Waals surface area contributed by atoms with Gasteiger partial charge in [-0.05, 0) is 56.4 Å². The number of carbonyl (C=O) groups is 1. The van der Waals surface area contributed by atoms with E-state index in [4.69, 9.17) is 4.98 Å². The predicted octanol–water partition coefficient (Wildman–Crippen LogP) is 3.90. The first kappa shape index (κ1) is 22.8. The number of nitrogens with zero attached hydrogens (tertiary/aromatic N) is 5. The summed E-state index contributed by atoms with van der Waals surface area (Å²) in [6.45, 7) is 7.63. The minimum atomic E-state index is -0.308. The maximum absolute atomic E-state index is 13.0. The van der Waals surface area contributed by atoms with Gasteiger partial charge in [0.2, 0.25) is 0 Å². The average molecular weight is 472 g/mol. The fourth-order valence-electron chi connectivity index (χ4n) is 4.50. The van der Waals surface area contributed by atoms with Crippen molar-refractivity contribution in [2.24, 2.45) is 0 Å². The second kappa shape index (κ2) is 9.32. The van der Waals surface area contributed by atoms with Crippen LogP contribution < -0.4 is 10.9 Å². The summed E-state index contributed by atoms with van der Waals surface area (Å²) in [5.41, 5.74) is 5.53. The maximum Gasteiger partial charge on any atom is 0.321 e. The Labute approximate surface area is 203 Å². The molecule has 0 radical (unpaired) electrons. The highest BCUT2D eigenvalue weighted by atomic mass is 16.2. The summed E-state index contributed by atoms with van der Waals surface area (Å²) in [5, 5.41) is 11.3. The van der Waals surface area contributed by atoms with Gasteiger partial charge in [0, 0.05) is 24.7 Å². The highest BCUT2D eigenvalue weighted by Gasteiger charge is 2.27. The van der Waals surface area contributed by atoms with Gasteiger partial charge in [-0.25, -0.2) is 14.5 Å². The molecule has 0 aliphatic carbocycles. The van der Waals surface area contributed by atoms with E-state index in [2.05, 4.69) is 20.6 Å². The number of fused-ring (bicyclic) bond motifs is 1. The Balaban J connectivity index is 1.37. The molecule has 9 nitrogen and oxygen atoms in total. The number of benzene rings is 2. The summed E-state index contributed by atoms with van der Waals surface area (Å²) < 4.78 is 1.66. The number of rotatable bonds is 4. The third-order valence-electron chi connectivity index (χ3n) is 6.57. The van der Waals surface area contributed by atoms with Crippen molar-refractivity contribution in [1.82, 2.24) is 29.9 Å². The number of piperidine rings is 1. The Hall–Kier alpha value is -4.01. The van der Waals surface area contributed by atoms with Crippen LogP contribution in [0.5, 0.6) is 0 Å². The lowest BCUT2D eigenvalue weighted by Gasteiger charge is -2.32. The van der Waals surface area contributed by atoms with Crippen LogP contribution in [0, 0.1) is 20.8 Å². The molecule has 180 valence electrons. The van der Waals surface area contributed by atoms with Gasteiger partial charge in [0.05, 0.1) is 6.54 Å². The number of urea groups is 1. The number of amides is 2. The highest BCUT2D eigenvalue weighted by molar-refractivity contribution is 5.90. The highest BCUT2D eigenvalue weighted by Crippen LogP contribution is 2.26. The Morgan fingerprint density at radius 1 is 1.11 bits per heavy atom. The molecule has 0 bridgehead atoms. The van der Waals surface area contributed by atoms with Gasteiger partial charge in [-0.2, -0.15) is 0 Å². The van der Waals surface area contributed by atoms with E-state index >= 15 is 0 Å². The van der Waals surface area contributed by atoms with Crippen LogP contribution in [0.4, 0.5) is 10.5 Å². The third-order valence-corrected chi connectivity index (χ3v) is 6.57. The largest absolute Gasteiger partial charge is 0.324 e. The minimum Gasteiger partial charge on any atom is -0.324 e. The molecule has 4 aromatic rings. The van der Waals surface area contributed by atoms with Crippen LogP contribution in [-0.4, -0.2) is 49.0 Å². The summed E-state index contributed by atoms with van der Waals surface area (Å²) in [4.78, 5) is 35.2. The van der Waals surface area contributed by atoms with Crippen molar-refractivity contribution in [1.29, 1.82) is 0 Å². The molecule has 3 heterocycles. The molecule has 0 spiro atoms. The van der Waals surface area contributed by atoms with Crippen molar-refractivity contribution in [3.8, 4) is 0 Å². The number of aromatic nitrogens is 5. The van der Waals surface area contributed by atoms with Crippen molar-refractivity contribution in [3.05, 3.63) is 80.9 Å². The normalized spacial score (nSPS) is 16.0. The summed E-state index contributed by atoms with van der Waals surface area (Å²) in [7, 11) is 0. The zero-order chi connectivity index (χ0) is 24.5. The molecule has 2 amide bonds. The molecule has 9 heteroatoms. The van der Waals surface area contributed by atoms with E-state index in [1.807, 2.05) is 63.2 Å². The Bertz CT molecular complexity index is 1440. The first-order chi connectivity index (χ1) is 16.9. The number of carbonyl (C=O) groups excluding carboxylic acids is 1. The number of aryl methyl sites for hydroxylation is 3. The van der Waals surface area contributed by atoms with Crippen molar-refractivity contribution < 1.29 is 4.79 Å². The van der Waals surface area contributed by atoms with Crippen molar-refractivity contribution in [2.75, 3.05) is 18.4 Å². The van der Waals surface area contributed by atoms with Crippen LogP contribution in [0.25, 0.3) is 11.2 Å². The van der Waals surface area contributed by atoms with Gasteiger partial charge >= 0.3 is 6.03 Å². The van der Waals surface area contributed by atoms with Crippen LogP contribution in [-0.2, 0) is 6.54 Å². The van der Waals surface area contributed by atoms with Crippen LogP contribution in [0.1, 0.15) is 46.8 Å². The molecule has 2 aromatic carbocycles. The van der Waals surface area contributed by atoms with E-state index < -0.39 is 0 Å². The minimum absolute atomic E-state index is 0.0760. The summed E-state index contributed by atoms with van der Waals surface area (Å²) >= 11 is 0. The van der Waals surface area contributed by atoms with Crippen LogP contribution >= 0.6 is 0 Å². The number of H-pyrrole nitrogens is 1. The number of hydrogen-bond acceptors (Lipinski definition) is 5. The Kier molecular flexibility index (Phi) is 6.07. The van der Waals surface area contributed by atoms with E-state index in [1.54, 1.807) is 9.58 Å². The Morgan fingerprint density at radius 2 is 1.89 bits per heavy atom. The molecule has 0 saturated carbocycles. The molecule has 2 aromatic heterocycles. The average Bonchev–Trinajstić information content (AvgIpc) is 3.26. The molecule has 35 heavy (non-hydrogen) atoms. The van der Waals surface area contributed by atoms with Crippen molar-refractivity contribution >= 4 is 22.9 Å². The molecule has 5 rings (SSSR count). The lowest BCUT2D eigenvalue weighted by Crippen LogP contribution is -2.42. The maximum atomic E-state index is 13.0. The second-order valence-corrected chi connectivity index (χ2v) is 9.39. The topological polar surface area (TPSA) is 109 Å². The second-order valence-electron chi connectivity index (χ2n) is 9.39. The molecular formula is C26H29N7O2. The molecule has 1 saturated heterocycles. The molecule has 1 aliphatic heterocycles. The quantitative estimate of drug-likeness (QED) is 0.469. The molecular weight excluding hydrogens is 442 g/mol. The van der Waals surface area contributed by atoms with Gasteiger partial charge in [0.15, 0.2) is 11.2 Å². The van der Waals surface area contributed by atoms with Gasteiger partial charge in [0.25, 0.3) is 5.56 Å². The zero-order valence-electron chi connectivity index (χ0n) is 20.2. The molecule has 2 N–H and O–H groups in total. The van der Waals surface area contributed by atoms with E-state index in [-0.39, 0.29) is 23.0 Å². The van der Waals surface area contributed by atoms with Crippen molar-refractivity contribution in [2.45, 2.75) is 46.1 Å². The lowest BCUT2D eigenvalue weighted by atomic mass is 9.97. The number of aromatic amines is 1. The fourth-order valence-corrected chi connectivity index (χ4v) is 4.50. The monoisotopic (exact) mass is 471 g/mol. The van der Waals surface area contributed by atoms with Gasteiger partial charge in [-0.1, -0.05) is 47.2 Å². The number of hydrogen-bond donors (Lipinski definition) is 2. The smallest absolute Gasteiger partial charge is 0.321 e. The zero-order valence-corrected chi connectivity index (χ0v) is 20.2. The van der Waals surface area contributed by atoms with E-state index in [1.165, 1.54) is 5.56 Å². The number of likely N-dealkylation sites (tertiary alicyclic amines) is 1. The van der Waals surface area contributed by atoms with Crippen LogP contribution in [0.3, 0.4) is 0 Å². The lowest BCUT2D eigenvalue weighted by molar-refractivity contribution is 0.191. The fraction of sp³-hybridized carbons (Fsp3) is 0.346. The SMILES string of the molecule is Cc1ccc(Cn2nnc3c(=O)[nH]c(C4CCCN(C(=O)Nc5cc(C)ccc5C)C4)nc32)cc1. The van der Waals surface area contributed by atoms with Crippen LogP contribution in [0.15, 0.2) is 47.3 Å². The van der Waals surface area contributed by atoms with Gasteiger partial charge < -0.3 is 15.2 Å². The first-order valence-electron chi connectivity index (χ1n) is 11.9. The first-order valence-corrected chi connectivity index (χ1v) is 11.9. The van der Waals surface area contributed by atoms with E-state index in [9.17, 15) is 9.59 Å². The summed E-state index contributed by atoms with van der Waals surface area (Å²) in [5.74, 6) is 0.493. The molecule has 1 atom stereocenters. The molecule has 1 fully saturated rings. The number of nitrogens with one attached hydrogen (secondary N) is 2. The Morgan fingerprint density at radius 3 is 2.69 bits per heavy atom. The number of anilines is 1. The van der Waals surface area contributed by atoms with E-state index in [0.717, 1.165) is 35.2 Å². The van der Waals surface area contributed by atoms with Crippen LogP contribution in [0.2, 0.25) is 0 Å². The summed E-state index contributed by atoms with van der Waals surface area (Å²) in [6, 6.07) is 14.0. The van der Waals surface area contributed by atoms with E-state index in [0.29, 0.717) is 31.1 Å². The predicted molar refractivity (Wildman–Crippen MR) is 135 cm³/mol. The van der Waals surface area contributed by atoms with Crippen molar-refractivity contribution in [3.63, 3.8) is 0 Å². The van der Waals surface area contributed by atoms with Gasteiger partial charge in [-0.3, -0.25) is 4.79 Å². The van der Waals surface area contributed by atoms with Gasteiger partial charge in [-0.15, -0.1) is 5.10 Å².